The Kier molecular flexibility index (Phi) is 3.52. The number of morpholine rings is 1. The van der Waals surface area contributed by atoms with Gasteiger partial charge in [-0.2, -0.15) is 0 Å². The molecule has 5 nitrogen and oxygen atoms in total. The lowest BCUT2D eigenvalue weighted by Gasteiger charge is -2.41. The second kappa shape index (κ2) is 4.94. The summed E-state index contributed by atoms with van der Waals surface area (Å²) in [4.78, 5) is 18.4. The molecular weight excluding hydrogens is 230 g/mol. The average Bonchev–Trinajstić information content (AvgIpc) is 2.37. The first-order valence-corrected chi connectivity index (χ1v) is 6.08. The van der Waals surface area contributed by atoms with Crippen molar-refractivity contribution in [2.75, 3.05) is 32.1 Å². The van der Waals surface area contributed by atoms with Gasteiger partial charge in [-0.05, 0) is 26.0 Å². The van der Waals surface area contributed by atoms with Gasteiger partial charge >= 0.3 is 0 Å². The summed E-state index contributed by atoms with van der Waals surface area (Å²) < 4.78 is 5.41. The van der Waals surface area contributed by atoms with Gasteiger partial charge in [0.2, 0.25) is 0 Å². The maximum atomic E-state index is 12.4. The summed E-state index contributed by atoms with van der Waals surface area (Å²) >= 11 is 0. The number of ether oxygens (including phenoxy) is 1. The monoisotopic (exact) mass is 249 g/mol. The molecule has 0 saturated carbocycles. The van der Waals surface area contributed by atoms with Crippen molar-refractivity contribution in [1.29, 1.82) is 0 Å². The van der Waals surface area contributed by atoms with Crippen LogP contribution in [0.15, 0.2) is 18.3 Å². The third kappa shape index (κ3) is 2.46. The Morgan fingerprint density at radius 1 is 1.50 bits per heavy atom. The van der Waals surface area contributed by atoms with Crippen molar-refractivity contribution in [3.63, 3.8) is 0 Å². The van der Waals surface area contributed by atoms with Crippen LogP contribution >= 0.6 is 0 Å². The van der Waals surface area contributed by atoms with E-state index >= 15 is 0 Å². The van der Waals surface area contributed by atoms with Gasteiger partial charge in [0.05, 0.1) is 30.6 Å². The van der Waals surface area contributed by atoms with Crippen molar-refractivity contribution >= 4 is 11.6 Å². The highest BCUT2D eigenvalue weighted by atomic mass is 16.5. The summed E-state index contributed by atoms with van der Waals surface area (Å²) in [7, 11) is 1.82. The van der Waals surface area contributed by atoms with E-state index in [-0.39, 0.29) is 11.4 Å². The van der Waals surface area contributed by atoms with Crippen LogP contribution in [0.4, 0.5) is 5.69 Å². The predicted octanol–water partition coefficient (Wildman–Crippen LogP) is 1.37. The Morgan fingerprint density at radius 2 is 2.28 bits per heavy atom. The van der Waals surface area contributed by atoms with E-state index in [1.54, 1.807) is 12.3 Å². The van der Waals surface area contributed by atoms with E-state index in [1.807, 2.05) is 31.9 Å². The highest BCUT2D eigenvalue weighted by molar-refractivity contribution is 5.93. The van der Waals surface area contributed by atoms with Gasteiger partial charge in [0.25, 0.3) is 5.91 Å². The van der Waals surface area contributed by atoms with Gasteiger partial charge in [0, 0.05) is 13.6 Å². The van der Waals surface area contributed by atoms with Crippen LogP contribution < -0.4 is 5.32 Å². The number of carbonyl (C=O) groups is 1. The number of nitrogens with one attached hydrogen (secondary N) is 1. The topological polar surface area (TPSA) is 54.5 Å². The first kappa shape index (κ1) is 12.8. The zero-order chi connectivity index (χ0) is 13.2. The molecule has 2 rings (SSSR count). The number of pyridine rings is 1. The minimum atomic E-state index is -0.279. The van der Waals surface area contributed by atoms with Crippen LogP contribution in [-0.2, 0) is 4.74 Å². The van der Waals surface area contributed by atoms with Crippen LogP contribution in [-0.4, -0.2) is 48.1 Å². The number of aromatic nitrogens is 1. The van der Waals surface area contributed by atoms with E-state index in [0.29, 0.717) is 25.5 Å². The lowest BCUT2D eigenvalue weighted by Crippen LogP contribution is -2.55. The third-order valence-corrected chi connectivity index (χ3v) is 3.16. The number of carbonyl (C=O) groups excluding carboxylic acids is 1. The molecule has 1 amide bonds. The molecule has 0 atom stereocenters. The number of rotatable bonds is 2. The fourth-order valence-corrected chi connectivity index (χ4v) is 2.04. The SMILES string of the molecule is CNc1ccc(C(=O)N2CCOCC2(C)C)nc1. The second-order valence-corrected chi connectivity index (χ2v) is 5.00. The number of hydrogen-bond donors (Lipinski definition) is 1. The van der Waals surface area contributed by atoms with Gasteiger partial charge in [-0.15, -0.1) is 0 Å². The summed E-state index contributed by atoms with van der Waals surface area (Å²) in [5.41, 5.74) is 1.09. The zero-order valence-corrected chi connectivity index (χ0v) is 11.1. The van der Waals surface area contributed by atoms with Crippen LogP contribution in [0.3, 0.4) is 0 Å². The van der Waals surface area contributed by atoms with Crippen molar-refractivity contribution in [2.24, 2.45) is 0 Å². The maximum Gasteiger partial charge on any atom is 0.273 e. The molecule has 98 valence electrons. The molecule has 1 aromatic rings. The highest BCUT2D eigenvalue weighted by Gasteiger charge is 2.34. The van der Waals surface area contributed by atoms with E-state index in [2.05, 4.69) is 10.3 Å². The minimum absolute atomic E-state index is 0.0362. The fourth-order valence-electron chi connectivity index (χ4n) is 2.04. The van der Waals surface area contributed by atoms with Gasteiger partial charge < -0.3 is 15.0 Å². The third-order valence-electron chi connectivity index (χ3n) is 3.16. The maximum absolute atomic E-state index is 12.4. The number of amides is 1. The molecule has 5 heteroatoms. The van der Waals surface area contributed by atoms with Crippen LogP contribution in [0.2, 0.25) is 0 Å². The molecule has 1 fully saturated rings. The first-order valence-electron chi connectivity index (χ1n) is 6.08. The molecule has 1 saturated heterocycles. The molecule has 0 radical (unpaired) electrons. The lowest BCUT2D eigenvalue weighted by atomic mass is 10.0. The average molecular weight is 249 g/mol. The number of nitrogens with zero attached hydrogens (tertiary/aromatic N) is 2. The molecule has 0 bridgehead atoms. The normalized spacial score (nSPS) is 18.5. The Bertz CT molecular complexity index is 428. The minimum Gasteiger partial charge on any atom is -0.387 e. The Morgan fingerprint density at radius 3 is 2.83 bits per heavy atom. The largest absolute Gasteiger partial charge is 0.387 e. The molecule has 0 unspecified atom stereocenters. The molecule has 2 heterocycles. The second-order valence-electron chi connectivity index (χ2n) is 5.00. The smallest absolute Gasteiger partial charge is 0.273 e. The van der Waals surface area contributed by atoms with E-state index in [4.69, 9.17) is 4.74 Å². The molecule has 1 aromatic heterocycles. The van der Waals surface area contributed by atoms with E-state index in [0.717, 1.165) is 5.69 Å². The molecule has 0 aromatic carbocycles. The highest BCUT2D eigenvalue weighted by Crippen LogP contribution is 2.21. The zero-order valence-electron chi connectivity index (χ0n) is 11.1. The van der Waals surface area contributed by atoms with Crippen LogP contribution in [0.1, 0.15) is 24.3 Å². The number of hydrogen-bond acceptors (Lipinski definition) is 4. The molecule has 1 aliphatic rings. The van der Waals surface area contributed by atoms with Crippen LogP contribution in [0.5, 0.6) is 0 Å². The Hall–Kier alpha value is -1.62. The quantitative estimate of drug-likeness (QED) is 0.860. The van der Waals surface area contributed by atoms with Gasteiger partial charge in [-0.1, -0.05) is 0 Å². The van der Waals surface area contributed by atoms with Gasteiger partial charge in [0.1, 0.15) is 5.69 Å². The summed E-state index contributed by atoms with van der Waals surface area (Å²) in [6, 6.07) is 3.60. The molecule has 18 heavy (non-hydrogen) atoms. The van der Waals surface area contributed by atoms with Crippen molar-refractivity contribution in [3.8, 4) is 0 Å². The van der Waals surface area contributed by atoms with Crippen molar-refractivity contribution in [3.05, 3.63) is 24.0 Å². The summed E-state index contributed by atoms with van der Waals surface area (Å²) in [6.45, 7) is 5.77. The lowest BCUT2D eigenvalue weighted by molar-refractivity contribution is -0.0373. The van der Waals surface area contributed by atoms with Gasteiger partial charge in [-0.3, -0.25) is 4.79 Å². The van der Waals surface area contributed by atoms with Crippen molar-refractivity contribution in [1.82, 2.24) is 9.88 Å². The molecule has 0 aliphatic carbocycles. The molecule has 1 N–H and O–H groups in total. The summed E-state index contributed by atoms with van der Waals surface area (Å²) in [5, 5.41) is 2.98. The standard InChI is InChI=1S/C13H19N3O2/c1-13(2)9-18-7-6-16(13)12(17)11-5-4-10(14-3)8-15-11/h4-5,8,14H,6-7,9H2,1-3H3. The van der Waals surface area contributed by atoms with Gasteiger partial charge in [0.15, 0.2) is 0 Å². The van der Waals surface area contributed by atoms with Crippen LogP contribution in [0, 0.1) is 0 Å². The van der Waals surface area contributed by atoms with Gasteiger partial charge in [-0.25, -0.2) is 4.98 Å². The van der Waals surface area contributed by atoms with E-state index in [1.165, 1.54) is 0 Å². The van der Waals surface area contributed by atoms with E-state index < -0.39 is 0 Å². The number of anilines is 1. The molecule has 1 aliphatic heterocycles. The first-order chi connectivity index (χ1) is 8.54. The molecular formula is C13H19N3O2. The predicted molar refractivity (Wildman–Crippen MR) is 69.7 cm³/mol. The summed E-state index contributed by atoms with van der Waals surface area (Å²) in [5.74, 6) is -0.0362. The Labute approximate surface area is 107 Å². The van der Waals surface area contributed by atoms with Crippen LogP contribution in [0.25, 0.3) is 0 Å². The van der Waals surface area contributed by atoms with Crippen molar-refractivity contribution < 1.29 is 9.53 Å². The Balaban J connectivity index is 2.19. The van der Waals surface area contributed by atoms with Crippen molar-refractivity contribution in [2.45, 2.75) is 19.4 Å². The summed E-state index contributed by atoms with van der Waals surface area (Å²) in [6.07, 6.45) is 1.67. The molecule has 0 spiro atoms. The van der Waals surface area contributed by atoms with E-state index in [9.17, 15) is 4.79 Å². The fraction of sp³-hybridized carbons (Fsp3) is 0.538.